The summed E-state index contributed by atoms with van der Waals surface area (Å²) in [7, 11) is 0. The Balaban J connectivity index is 1.89. The highest BCUT2D eigenvalue weighted by Gasteiger charge is 2.22. The summed E-state index contributed by atoms with van der Waals surface area (Å²) in [4.78, 5) is 12.2. The fourth-order valence-electron chi connectivity index (χ4n) is 2.28. The highest BCUT2D eigenvalue weighted by atomic mass is 16.3. The van der Waals surface area contributed by atoms with Gasteiger partial charge in [0.1, 0.15) is 0 Å². The molecule has 4 nitrogen and oxygen atoms in total. The van der Waals surface area contributed by atoms with Crippen molar-refractivity contribution < 1.29 is 9.90 Å². The van der Waals surface area contributed by atoms with Crippen LogP contribution >= 0.6 is 0 Å². The molecule has 1 amide bonds. The molecule has 22 heavy (non-hydrogen) atoms. The molecule has 2 aromatic rings. The number of hydrogen-bond donors (Lipinski definition) is 3. The van der Waals surface area contributed by atoms with Gasteiger partial charge in [-0.2, -0.15) is 0 Å². The number of benzene rings is 2. The second-order valence-electron chi connectivity index (χ2n) is 5.40. The van der Waals surface area contributed by atoms with E-state index in [0.29, 0.717) is 0 Å². The molecular weight excluding hydrogens is 276 g/mol. The number of aliphatic hydroxyl groups excluding tert-OH is 1. The van der Waals surface area contributed by atoms with Crippen LogP contribution in [-0.2, 0) is 4.79 Å². The second-order valence-corrected chi connectivity index (χ2v) is 5.40. The minimum Gasteiger partial charge on any atom is -0.387 e. The SMILES string of the molecule is CC(C(=O)NCC(O)c1ccccc1)C(N)c1ccccc1. The van der Waals surface area contributed by atoms with Crippen molar-refractivity contribution >= 4 is 5.91 Å². The smallest absolute Gasteiger partial charge is 0.224 e. The summed E-state index contributed by atoms with van der Waals surface area (Å²) in [6.07, 6.45) is -0.717. The van der Waals surface area contributed by atoms with E-state index in [-0.39, 0.29) is 24.4 Å². The topological polar surface area (TPSA) is 75.3 Å². The number of nitrogens with two attached hydrogens (primary N) is 1. The maximum Gasteiger partial charge on any atom is 0.224 e. The van der Waals surface area contributed by atoms with Crippen molar-refractivity contribution in [3.63, 3.8) is 0 Å². The Morgan fingerprint density at radius 2 is 1.55 bits per heavy atom. The van der Waals surface area contributed by atoms with Crippen molar-refractivity contribution in [1.29, 1.82) is 0 Å². The standard InChI is InChI=1S/C18H22N2O2/c1-13(17(19)15-10-6-3-7-11-15)18(22)20-12-16(21)14-8-4-2-5-9-14/h2-11,13,16-17,21H,12,19H2,1H3,(H,20,22). The Morgan fingerprint density at radius 1 is 1.05 bits per heavy atom. The van der Waals surface area contributed by atoms with Gasteiger partial charge >= 0.3 is 0 Å². The Kier molecular flexibility index (Phi) is 5.69. The molecule has 0 aliphatic rings. The van der Waals surface area contributed by atoms with E-state index in [1.54, 1.807) is 6.92 Å². The molecule has 0 aliphatic heterocycles. The van der Waals surface area contributed by atoms with E-state index >= 15 is 0 Å². The van der Waals surface area contributed by atoms with Gasteiger partial charge in [-0.15, -0.1) is 0 Å². The molecule has 4 heteroatoms. The molecule has 0 spiro atoms. The van der Waals surface area contributed by atoms with Crippen LogP contribution in [0.1, 0.15) is 30.2 Å². The summed E-state index contributed by atoms with van der Waals surface area (Å²) in [5.74, 6) is -0.531. The number of amides is 1. The van der Waals surface area contributed by atoms with E-state index in [1.165, 1.54) is 0 Å². The number of aliphatic hydroxyl groups is 1. The molecule has 3 unspecified atom stereocenters. The summed E-state index contributed by atoms with van der Waals surface area (Å²) in [6, 6.07) is 18.4. The number of carbonyl (C=O) groups excluding carboxylic acids is 1. The lowest BCUT2D eigenvalue weighted by Gasteiger charge is -2.21. The summed E-state index contributed by atoms with van der Waals surface area (Å²) >= 11 is 0. The van der Waals surface area contributed by atoms with E-state index in [0.717, 1.165) is 11.1 Å². The van der Waals surface area contributed by atoms with Gasteiger partial charge in [0.25, 0.3) is 0 Å². The molecule has 0 radical (unpaired) electrons. The zero-order chi connectivity index (χ0) is 15.9. The van der Waals surface area contributed by atoms with E-state index in [2.05, 4.69) is 5.32 Å². The van der Waals surface area contributed by atoms with Crippen molar-refractivity contribution in [3.05, 3.63) is 71.8 Å². The summed E-state index contributed by atoms with van der Waals surface area (Å²) < 4.78 is 0. The number of carbonyl (C=O) groups is 1. The fraction of sp³-hybridized carbons (Fsp3) is 0.278. The van der Waals surface area contributed by atoms with Crippen LogP contribution in [0.3, 0.4) is 0 Å². The maximum atomic E-state index is 12.2. The average molecular weight is 298 g/mol. The van der Waals surface area contributed by atoms with Crippen molar-refractivity contribution in [2.75, 3.05) is 6.54 Å². The van der Waals surface area contributed by atoms with Crippen molar-refractivity contribution in [2.24, 2.45) is 11.7 Å². The quantitative estimate of drug-likeness (QED) is 0.765. The zero-order valence-corrected chi connectivity index (χ0v) is 12.6. The minimum absolute atomic E-state index is 0.161. The predicted molar refractivity (Wildman–Crippen MR) is 86.9 cm³/mol. The maximum absolute atomic E-state index is 12.2. The summed E-state index contributed by atoms with van der Waals surface area (Å²) in [5.41, 5.74) is 7.84. The first kappa shape index (κ1) is 16.2. The second kappa shape index (κ2) is 7.73. The molecule has 2 aromatic carbocycles. The van der Waals surface area contributed by atoms with Gasteiger partial charge in [-0.25, -0.2) is 0 Å². The molecule has 0 fully saturated rings. The van der Waals surface area contributed by atoms with Gasteiger partial charge in [0.2, 0.25) is 5.91 Å². The van der Waals surface area contributed by atoms with Crippen molar-refractivity contribution in [2.45, 2.75) is 19.1 Å². The molecule has 0 saturated heterocycles. The van der Waals surface area contributed by atoms with E-state index in [9.17, 15) is 9.90 Å². The van der Waals surface area contributed by atoms with Gasteiger partial charge in [-0.05, 0) is 11.1 Å². The van der Waals surface area contributed by atoms with E-state index < -0.39 is 6.10 Å². The molecule has 116 valence electrons. The fourth-order valence-corrected chi connectivity index (χ4v) is 2.28. The number of nitrogens with one attached hydrogen (secondary N) is 1. The molecule has 0 aromatic heterocycles. The van der Waals surface area contributed by atoms with Crippen LogP contribution in [0.4, 0.5) is 0 Å². The summed E-state index contributed by atoms with van der Waals surface area (Å²) in [5, 5.41) is 12.8. The van der Waals surface area contributed by atoms with Crippen LogP contribution in [0.5, 0.6) is 0 Å². The zero-order valence-electron chi connectivity index (χ0n) is 12.6. The third-order valence-electron chi connectivity index (χ3n) is 3.79. The first-order valence-corrected chi connectivity index (χ1v) is 7.41. The Bertz CT molecular complexity index is 587. The third kappa shape index (κ3) is 4.16. The first-order valence-electron chi connectivity index (χ1n) is 7.41. The highest BCUT2D eigenvalue weighted by molar-refractivity contribution is 5.79. The van der Waals surface area contributed by atoms with Gasteiger partial charge in [0.05, 0.1) is 12.0 Å². The monoisotopic (exact) mass is 298 g/mol. The Hall–Kier alpha value is -2.17. The predicted octanol–water partition coefficient (Wildman–Crippen LogP) is 2.17. The lowest BCUT2D eigenvalue weighted by Crippen LogP contribution is -2.37. The van der Waals surface area contributed by atoms with Crippen LogP contribution in [0.2, 0.25) is 0 Å². The van der Waals surface area contributed by atoms with Gasteiger partial charge in [-0.1, -0.05) is 67.6 Å². The minimum atomic E-state index is -0.717. The van der Waals surface area contributed by atoms with Crippen molar-refractivity contribution in [1.82, 2.24) is 5.32 Å². The first-order chi connectivity index (χ1) is 10.6. The normalized spacial score (nSPS) is 14.9. The molecule has 2 rings (SSSR count). The summed E-state index contributed by atoms with van der Waals surface area (Å²) in [6.45, 7) is 1.97. The Morgan fingerprint density at radius 3 is 2.09 bits per heavy atom. The Labute approximate surface area is 131 Å². The molecular formula is C18H22N2O2. The van der Waals surface area contributed by atoms with Crippen LogP contribution < -0.4 is 11.1 Å². The number of rotatable bonds is 6. The van der Waals surface area contributed by atoms with Crippen LogP contribution in [0.15, 0.2) is 60.7 Å². The van der Waals surface area contributed by atoms with Gasteiger partial charge in [0.15, 0.2) is 0 Å². The van der Waals surface area contributed by atoms with Crippen LogP contribution in [0, 0.1) is 5.92 Å². The molecule has 0 saturated carbocycles. The average Bonchev–Trinajstić information content (AvgIpc) is 2.59. The lowest BCUT2D eigenvalue weighted by atomic mass is 9.94. The van der Waals surface area contributed by atoms with Crippen molar-refractivity contribution in [3.8, 4) is 0 Å². The van der Waals surface area contributed by atoms with Crippen LogP contribution in [0.25, 0.3) is 0 Å². The third-order valence-corrected chi connectivity index (χ3v) is 3.79. The number of hydrogen-bond acceptors (Lipinski definition) is 3. The molecule has 4 N–H and O–H groups in total. The van der Waals surface area contributed by atoms with Crippen LogP contribution in [-0.4, -0.2) is 17.6 Å². The van der Waals surface area contributed by atoms with E-state index in [4.69, 9.17) is 5.73 Å². The molecule has 0 heterocycles. The lowest BCUT2D eigenvalue weighted by molar-refractivity contribution is -0.125. The van der Waals surface area contributed by atoms with E-state index in [1.807, 2.05) is 60.7 Å². The van der Waals surface area contributed by atoms with Gasteiger partial charge in [-0.3, -0.25) is 4.79 Å². The molecule has 3 atom stereocenters. The highest BCUT2D eigenvalue weighted by Crippen LogP contribution is 2.19. The van der Waals surface area contributed by atoms with Gasteiger partial charge in [0, 0.05) is 12.6 Å². The largest absolute Gasteiger partial charge is 0.387 e. The molecule has 0 aliphatic carbocycles. The van der Waals surface area contributed by atoms with Gasteiger partial charge < -0.3 is 16.2 Å². The molecule has 0 bridgehead atoms.